The van der Waals surface area contributed by atoms with Crippen LogP contribution < -0.4 is 4.99 Å². The summed E-state index contributed by atoms with van der Waals surface area (Å²) in [6.07, 6.45) is 11.6. The fourth-order valence-electron chi connectivity index (χ4n) is 0.394. The van der Waals surface area contributed by atoms with Crippen LogP contribution in [-0.2, 0) is 0 Å². The Morgan fingerprint density at radius 3 is 2.20 bits per heavy atom. The molecule has 0 amide bonds. The molecule has 2 nitrogen and oxygen atoms in total. The summed E-state index contributed by atoms with van der Waals surface area (Å²) in [5.74, 6) is 0. The first kappa shape index (κ1) is 8.69. The quantitative estimate of drug-likeness (QED) is 0.320. The molecule has 0 radical (unpaired) electrons. The van der Waals surface area contributed by atoms with Gasteiger partial charge in [0.05, 0.1) is 6.26 Å². The summed E-state index contributed by atoms with van der Waals surface area (Å²) in [4.78, 5) is 2.85. The molecule has 10 heavy (non-hydrogen) atoms. The van der Waals surface area contributed by atoms with Crippen molar-refractivity contribution in [2.24, 2.45) is 0 Å². The largest absolute Gasteiger partial charge is 0.516 e. The van der Waals surface area contributed by atoms with Crippen LogP contribution in [0.15, 0.2) is 36.6 Å². The Labute approximate surface area is 60.9 Å². The first-order chi connectivity index (χ1) is 4.91. The zero-order valence-corrected chi connectivity index (χ0v) is 5.99. The summed E-state index contributed by atoms with van der Waals surface area (Å²) >= 11 is 0. The van der Waals surface area contributed by atoms with Gasteiger partial charge in [-0.15, -0.1) is 0 Å². The van der Waals surface area contributed by atoms with Gasteiger partial charge in [-0.05, 0) is 6.08 Å². The van der Waals surface area contributed by atoms with E-state index in [1.807, 2.05) is 31.5 Å². The molecule has 0 rings (SSSR count). The minimum Gasteiger partial charge on any atom is -0.516 e. The summed E-state index contributed by atoms with van der Waals surface area (Å²) in [6.45, 7) is 0. The maximum Gasteiger partial charge on any atom is 0.161 e. The predicted molar refractivity (Wildman–Crippen MR) is 43.0 cm³/mol. The number of allylic oxidation sites excluding steroid dienone is 5. The van der Waals surface area contributed by atoms with Gasteiger partial charge in [0.15, 0.2) is 6.21 Å². The molecule has 0 spiro atoms. The molecule has 0 aliphatic carbocycles. The number of rotatable bonds is 3. The van der Waals surface area contributed by atoms with Gasteiger partial charge in [-0.25, -0.2) is 0 Å². The summed E-state index contributed by atoms with van der Waals surface area (Å²) in [6, 6.07) is 0. The Morgan fingerprint density at radius 1 is 1.00 bits per heavy atom. The Kier molecular flexibility index (Phi) is 6.68. The molecule has 0 fully saturated rings. The summed E-state index contributed by atoms with van der Waals surface area (Å²) in [5, 5.41) is 8.19. The third kappa shape index (κ3) is 6.69. The van der Waals surface area contributed by atoms with Crippen molar-refractivity contribution in [3.05, 3.63) is 36.6 Å². The SMILES string of the molecule is C[NH+]=C/C=C/C=C/C=C\O. The van der Waals surface area contributed by atoms with Crippen LogP contribution in [0.3, 0.4) is 0 Å². The molecule has 0 saturated heterocycles. The van der Waals surface area contributed by atoms with Crippen LogP contribution in [0.2, 0.25) is 0 Å². The summed E-state index contributed by atoms with van der Waals surface area (Å²) < 4.78 is 0. The van der Waals surface area contributed by atoms with Gasteiger partial charge < -0.3 is 5.11 Å². The van der Waals surface area contributed by atoms with Crippen molar-refractivity contribution >= 4 is 6.21 Å². The fourth-order valence-corrected chi connectivity index (χ4v) is 0.394. The molecule has 0 aromatic rings. The lowest BCUT2D eigenvalue weighted by Gasteiger charge is -1.68. The van der Waals surface area contributed by atoms with E-state index in [-0.39, 0.29) is 0 Å². The third-order valence-corrected chi connectivity index (χ3v) is 0.793. The Balaban J connectivity index is 3.51. The molecule has 0 aromatic carbocycles. The van der Waals surface area contributed by atoms with Crippen molar-refractivity contribution in [1.82, 2.24) is 0 Å². The molecule has 0 aromatic heterocycles. The van der Waals surface area contributed by atoms with E-state index in [9.17, 15) is 0 Å². The first-order valence-corrected chi connectivity index (χ1v) is 3.05. The summed E-state index contributed by atoms with van der Waals surface area (Å²) in [5.41, 5.74) is 0. The van der Waals surface area contributed by atoms with Crippen molar-refractivity contribution in [2.45, 2.75) is 0 Å². The van der Waals surface area contributed by atoms with Crippen LogP contribution in [-0.4, -0.2) is 18.4 Å². The van der Waals surface area contributed by atoms with Crippen LogP contribution in [0.1, 0.15) is 0 Å². The lowest BCUT2D eigenvalue weighted by Crippen LogP contribution is -2.62. The second kappa shape index (κ2) is 7.69. The van der Waals surface area contributed by atoms with Crippen molar-refractivity contribution in [3.8, 4) is 0 Å². The normalized spacial score (nSPS) is 13.3. The van der Waals surface area contributed by atoms with Gasteiger partial charge in [0.1, 0.15) is 7.05 Å². The predicted octanol–water partition coefficient (Wildman–Crippen LogP) is -0.0483. The number of hydrogen-bond acceptors (Lipinski definition) is 1. The molecule has 54 valence electrons. The monoisotopic (exact) mass is 138 g/mol. The number of aliphatic hydroxyl groups excluding tert-OH is 1. The minimum atomic E-state index is 0.992. The van der Waals surface area contributed by atoms with Crippen LogP contribution in [0.4, 0.5) is 0 Å². The summed E-state index contributed by atoms with van der Waals surface area (Å²) in [7, 11) is 1.84. The molecule has 0 atom stereocenters. The van der Waals surface area contributed by atoms with Gasteiger partial charge in [0.2, 0.25) is 0 Å². The standard InChI is InChI=1S/C8H11NO/c1-9-7-5-3-2-4-6-8-10/h2-8,10H,1H3/p+1/b4-2+,5-3+,8-6-,9-7?. The second-order valence-corrected chi connectivity index (χ2v) is 1.57. The molecule has 0 heterocycles. The zero-order valence-electron chi connectivity index (χ0n) is 5.99. The Bertz CT molecular complexity index is 146. The van der Waals surface area contributed by atoms with Crippen molar-refractivity contribution in [1.29, 1.82) is 0 Å². The van der Waals surface area contributed by atoms with Crippen LogP contribution in [0, 0.1) is 0 Å². The third-order valence-electron chi connectivity index (χ3n) is 0.793. The maximum absolute atomic E-state index is 8.19. The van der Waals surface area contributed by atoms with Crippen molar-refractivity contribution in [3.63, 3.8) is 0 Å². The van der Waals surface area contributed by atoms with Gasteiger partial charge >= 0.3 is 0 Å². The van der Waals surface area contributed by atoms with Gasteiger partial charge in [0, 0.05) is 6.08 Å². The lowest BCUT2D eigenvalue weighted by atomic mass is 10.4. The van der Waals surface area contributed by atoms with E-state index < -0.39 is 0 Å². The van der Waals surface area contributed by atoms with Crippen molar-refractivity contribution in [2.75, 3.05) is 7.05 Å². The Hall–Kier alpha value is -1.31. The lowest BCUT2D eigenvalue weighted by molar-refractivity contribution is -0.413. The maximum atomic E-state index is 8.19. The van der Waals surface area contributed by atoms with Gasteiger partial charge in [-0.2, -0.15) is 0 Å². The number of hydrogen-bond donors (Lipinski definition) is 2. The van der Waals surface area contributed by atoms with Crippen LogP contribution >= 0.6 is 0 Å². The van der Waals surface area contributed by atoms with E-state index in [4.69, 9.17) is 5.11 Å². The Morgan fingerprint density at radius 2 is 1.60 bits per heavy atom. The van der Waals surface area contributed by atoms with Gasteiger partial charge in [-0.3, -0.25) is 4.99 Å². The molecular weight excluding hydrogens is 126 g/mol. The molecule has 0 unspecified atom stereocenters. The molecule has 0 aliphatic heterocycles. The van der Waals surface area contributed by atoms with Crippen molar-refractivity contribution < 1.29 is 10.1 Å². The molecule has 0 saturated carbocycles. The topological polar surface area (TPSA) is 34.2 Å². The number of aliphatic hydroxyl groups is 1. The first-order valence-electron chi connectivity index (χ1n) is 3.05. The van der Waals surface area contributed by atoms with Gasteiger partial charge in [0.25, 0.3) is 0 Å². The average Bonchev–Trinajstić information content (AvgIpc) is 1.97. The van der Waals surface area contributed by atoms with Gasteiger partial charge in [-0.1, -0.05) is 18.2 Å². The number of nitrogens with one attached hydrogen (secondary N) is 1. The smallest absolute Gasteiger partial charge is 0.161 e. The van der Waals surface area contributed by atoms with E-state index >= 15 is 0 Å². The molecule has 0 bridgehead atoms. The van der Waals surface area contributed by atoms with E-state index in [2.05, 4.69) is 4.99 Å². The molecule has 0 aliphatic rings. The van der Waals surface area contributed by atoms with E-state index in [0.717, 1.165) is 6.26 Å². The molecular formula is C8H12NO+. The molecule has 2 heteroatoms. The minimum absolute atomic E-state index is 0.992. The highest BCUT2D eigenvalue weighted by Gasteiger charge is 1.63. The van der Waals surface area contributed by atoms with Crippen LogP contribution in [0.25, 0.3) is 0 Å². The van der Waals surface area contributed by atoms with E-state index in [1.165, 1.54) is 0 Å². The fraction of sp³-hybridized carbons (Fsp3) is 0.125. The molecule has 2 N–H and O–H groups in total. The highest BCUT2D eigenvalue weighted by Crippen LogP contribution is 1.75. The highest BCUT2D eigenvalue weighted by molar-refractivity contribution is 5.65. The highest BCUT2D eigenvalue weighted by atomic mass is 16.2. The second-order valence-electron chi connectivity index (χ2n) is 1.57. The van der Waals surface area contributed by atoms with E-state index in [1.54, 1.807) is 12.2 Å². The average molecular weight is 138 g/mol. The van der Waals surface area contributed by atoms with E-state index in [0.29, 0.717) is 0 Å². The zero-order chi connectivity index (χ0) is 7.66. The van der Waals surface area contributed by atoms with Crippen LogP contribution in [0.5, 0.6) is 0 Å².